The first-order chi connectivity index (χ1) is 9.74. The number of nitrogens with zero attached hydrogens (tertiary/aromatic N) is 1. The second-order valence-electron chi connectivity index (χ2n) is 5.45. The normalized spacial score (nSPS) is 17.1. The fourth-order valence-corrected chi connectivity index (χ4v) is 4.29. The molecule has 1 saturated carbocycles. The summed E-state index contributed by atoms with van der Waals surface area (Å²) in [6, 6.07) is 6.01. The molecule has 0 amide bonds. The minimum absolute atomic E-state index is 0.434. The van der Waals surface area contributed by atoms with Gasteiger partial charge in [-0.15, -0.1) is 0 Å². The highest BCUT2D eigenvalue weighted by Gasteiger charge is 2.35. The van der Waals surface area contributed by atoms with E-state index in [1.54, 1.807) is 0 Å². The predicted molar refractivity (Wildman–Crippen MR) is 88.1 cm³/mol. The molecule has 1 aliphatic rings. The van der Waals surface area contributed by atoms with Crippen molar-refractivity contribution < 1.29 is 4.74 Å². The van der Waals surface area contributed by atoms with Crippen molar-refractivity contribution in [1.82, 2.24) is 9.97 Å². The van der Waals surface area contributed by atoms with Crippen molar-refractivity contribution in [1.29, 1.82) is 0 Å². The molecule has 5 heteroatoms. The molecule has 0 bridgehead atoms. The third-order valence-electron chi connectivity index (χ3n) is 4.01. The number of ether oxygens (including phenoxy) is 1. The quantitative estimate of drug-likeness (QED) is 0.622. The largest absolute Gasteiger partial charge is 0.494 e. The second kappa shape index (κ2) is 5.90. The molecule has 20 heavy (non-hydrogen) atoms. The van der Waals surface area contributed by atoms with E-state index < -0.39 is 0 Å². The number of aromatic amines is 1. The standard InChI is InChI=1S/C15H20N2OS2/c1-2-18-11-4-5-12-13(8-11)17-14(16-12)20-10-15(9-19)6-3-7-15/h4-5,8,19H,2-3,6-7,9-10H2,1H3,(H,16,17). The highest BCUT2D eigenvalue weighted by molar-refractivity contribution is 7.99. The lowest BCUT2D eigenvalue weighted by Crippen LogP contribution is -2.33. The number of aromatic nitrogens is 2. The second-order valence-corrected chi connectivity index (χ2v) is 6.73. The van der Waals surface area contributed by atoms with Crippen LogP contribution >= 0.6 is 24.4 Å². The van der Waals surface area contributed by atoms with Crippen molar-refractivity contribution >= 4 is 35.4 Å². The van der Waals surface area contributed by atoms with E-state index in [0.29, 0.717) is 12.0 Å². The van der Waals surface area contributed by atoms with E-state index >= 15 is 0 Å². The fourth-order valence-electron chi connectivity index (χ4n) is 2.54. The summed E-state index contributed by atoms with van der Waals surface area (Å²) >= 11 is 6.32. The van der Waals surface area contributed by atoms with Gasteiger partial charge in [-0.05, 0) is 43.1 Å². The van der Waals surface area contributed by atoms with Gasteiger partial charge in [0.05, 0.1) is 17.6 Å². The summed E-state index contributed by atoms with van der Waals surface area (Å²) in [6.45, 7) is 2.68. The zero-order valence-corrected chi connectivity index (χ0v) is 13.4. The Balaban J connectivity index is 1.72. The van der Waals surface area contributed by atoms with Crippen LogP contribution in [0, 0.1) is 5.41 Å². The monoisotopic (exact) mass is 308 g/mol. The number of fused-ring (bicyclic) bond motifs is 1. The van der Waals surface area contributed by atoms with Gasteiger partial charge in [-0.25, -0.2) is 4.98 Å². The molecule has 0 spiro atoms. The van der Waals surface area contributed by atoms with Crippen LogP contribution in [0.2, 0.25) is 0 Å². The van der Waals surface area contributed by atoms with E-state index in [9.17, 15) is 0 Å². The topological polar surface area (TPSA) is 37.9 Å². The maximum Gasteiger partial charge on any atom is 0.166 e. The van der Waals surface area contributed by atoms with Gasteiger partial charge in [-0.2, -0.15) is 12.6 Å². The van der Waals surface area contributed by atoms with Gasteiger partial charge in [-0.3, -0.25) is 0 Å². The molecule has 1 aromatic heterocycles. The number of hydrogen-bond donors (Lipinski definition) is 2. The number of thiol groups is 1. The van der Waals surface area contributed by atoms with Gasteiger partial charge in [0.25, 0.3) is 0 Å². The first-order valence-corrected chi connectivity index (χ1v) is 8.73. The Morgan fingerprint density at radius 2 is 2.30 bits per heavy atom. The number of benzene rings is 1. The number of imidazole rings is 1. The molecule has 1 N–H and O–H groups in total. The first kappa shape index (κ1) is 14.1. The Hall–Kier alpha value is -0.810. The molecule has 1 heterocycles. The molecular formula is C15H20N2OS2. The van der Waals surface area contributed by atoms with Crippen molar-refractivity contribution in [2.45, 2.75) is 31.3 Å². The Labute approximate surface area is 129 Å². The molecule has 1 fully saturated rings. The van der Waals surface area contributed by atoms with Crippen LogP contribution in [0.15, 0.2) is 23.4 Å². The molecule has 1 aromatic carbocycles. The van der Waals surface area contributed by atoms with Crippen molar-refractivity contribution in [3.05, 3.63) is 18.2 Å². The van der Waals surface area contributed by atoms with Crippen LogP contribution < -0.4 is 4.74 Å². The van der Waals surface area contributed by atoms with E-state index in [-0.39, 0.29) is 0 Å². The molecule has 1 aliphatic carbocycles. The van der Waals surface area contributed by atoms with Crippen LogP contribution in [-0.2, 0) is 0 Å². The molecule has 108 valence electrons. The van der Waals surface area contributed by atoms with Crippen LogP contribution in [0.1, 0.15) is 26.2 Å². The lowest BCUT2D eigenvalue weighted by Gasteiger charge is -2.40. The number of thioether (sulfide) groups is 1. The number of nitrogens with one attached hydrogen (secondary N) is 1. The van der Waals surface area contributed by atoms with Gasteiger partial charge in [0, 0.05) is 11.8 Å². The summed E-state index contributed by atoms with van der Waals surface area (Å²) < 4.78 is 5.52. The summed E-state index contributed by atoms with van der Waals surface area (Å²) in [5, 5.41) is 1.00. The number of H-pyrrole nitrogens is 1. The van der Waals surface area contributed by atoms with E-state index in [1.807, 2.05) is 36.9 Å². The number of hydrogen-bond acceptors (Lipinski definition) is 4. The summed E-state index contributed by atoms with van der Waals surface area (Å²) in [5.74, 6) is 2.98. The van der Waals surface area contributed by atoms with E-state index in [2.05, 4.69) is 22.6 Å². The Morgan fingerprint density at radius 3 is 2.95 bits per heavy atom. The molecule has 2 aromatic rings. The molecule has 0 atom stereocenters. The van der Waals surface area contributed by atoms with Gasteiger partial charge in [-0.1, -0.05) is 18.2 Å². The lowest BCUT2D eigenvalue weighted by atomic mass is 9.72. The lowest BCUT2D eigenvalue weighted by molar-refractivity contribution is 0.205. The number of rotatable bonds is 6. The van der Waals surface area contributed by atoms with Gasteiger partial charge in [0.15, 0.2) is 5.16 Å². The van der Waals surface area contributed by atoms with Crippen molar-refractivity contribution in [2.24, 2.45) is 5.41 Å². The summed E-state index contributed by atoms with van der Waals surface area (Å²) in [7, 11) is 0. The third kappa shape index (κ3) is 2.79. The molecule has 0 saturated heterocycles. The van der Waals surface area contributed by atoms with E-state index in [1.165, 1.54) is 19.3 Å². The van der Waals surface area contributed by atoms with E-state index in [0.717, 1.165) is 33.4 Å². The van der Waals surface area contributed by atoms with Crippen molar-refractivity contribution in [2.75, 3.05) is 18.1 Å². The predicted octanol–water partition coefficient (Wildman–Crippen LogP) is 4.15. The molecular weight excluding hydrogens is 288 g/mol. The van der Waals surface area contributed by atoms with Crippen LogP contribution in [0.3, 0.4) is 0 Å². The van der Waals surface area contributed by atoms with Crippen molar-refractivity contribution in [3.63, 3.8) is 0 Å². The summed E-state index contributed by atoms with van der Waals surface area (Å²) in [5.41, 5.74) is 2.49. The third-order valence-corrected chi connectivity index (χ3v) is 5.90. The van der Waals surface area contributed by atoms with Crippen molar-refractivity contribution in [3.8, 4) is 5.75 Å². The minimum atomic E-state index is 0.434. The van der Waals surface area contributed by atoms with Gasteiger partial charge >= 0.3 is 0 Å². The van der Waals surface area contributed by atoms with Crippen LogP contribution in [0.25, 0.3) is 11.0 Å². The summed E-state index contributed by atoms with van der Waals surface area (Å²) in [6.07, 6.45) is 3.95. The first-order valence-electron chi connectivity index (χ1n) is 7.11. The van der Waals surface area contributed by atoms with Gasteiger partial charge in [0.2, 0.25) is 0 Å². The molecule has 0 unspecified atom stereocenters. The van der Waals surface area contributed by atoms with Gasteiger partial charge in [0.1, 0.15) is 5.75 Å². The Bertz CT molecular complexity index is 587. The van der Waals surface area contributed by atoms with Gasteiger partial charge < -0.3 is 9.72 Å². The molecule has 0 aliphatic heterocycles. The average Bonchev–Trinajstić information content (AvgIpc) is 2.80. The zero-order valence-electron chi connectivity index (χ0n) is 11.7. The van der Waals surface area contributed by atoms with Crippen LogP contribution in [0.5, 0.6) is 5.75 Å². The van der Waals surface area contributed by atoms with E-state index in [4.69, 9.17) is 4.74 Å². The smallest absolute Gasteiger partial charge is 0.166 e. The SMILES string of the molecule is CCOc1ccc2nc(SCC3(CS)CCC3)[nH]c2c1. The molecule has 3 rings (SSSR count). The highest BCUT2D eigenvalue weighted by Crippen LogP contribution is 2.45. The molecule has 0 radical (unpaired) electrons. The maximum absolute atomic E-state index is 5.52. The van der Waals surface area contributed by atoms with Crippen LogP contribution in [-0.4, -0.2) is 28.1 Å². The van der Waals surface area contributed by atoms with Crippen LogP contribution in [0.4, 0.5) is 0 Å². The summed E-state index contributed by atoms with van der Waals surface area (Å²) in [4.78, 5) is 8.02. The molecule has 3 nitrogen and oxygen atoms in total. The maximum atomic E-state index is 5.52. The minimum Gasteiger partial charge on any atom is -0.494 e. The average molecular weight is 308 g/mol. The zero-order chi connectivity index (χ0) is 14.0. The fraction of sp³-hybridized carbons (Fsp3) is 0.533. The Kier molecular flexibility index (Phi) is 4.17. The Morgan fingerprint density at radius 1 is 1.45 bits per heavy atom. The highest BCUT2D eigenvalue weighted by atomic mass is 32.2.